The Kier molecular flexibility index (Phi) is 4.15. The van der Waals surface area contributed by atoms with E-state index in [1.54, 1.807) is 0 Å². The summed E-state index contributed by atoms with van der Waals surface area (Å²) in [7, 11) is 0. The topological polar surface area (TPSA) is 79.3 Å². The summed E-state index contributed by atoms with van der Waals surface area (Å²) in [4.78, 5) is 23.0. The van der Waals surface area contributed by atoms with E-state index in [1.807, 2.05) is 0 Å². The second-order valence-corrected chi connectivity index (χ2v) is 5.49. The molecule has 20 heavy (non-hydrogen) atoms. The zero-order valence-corrected chi connectivity index (χ0v) is 12.5. The van der Waals surface area contributed by atoms with Gasteiger partial charge in [0.1, 0.15) is 16.4 Å². The van der Waals surface area contributed by atoms with Gasteiger partial charge >= 0.3 is 5.97 Å². The first kappa shape index (κ1) is 14.6. The Morgan fingerprint density at radius 3 is 2.75 bits per heavy atom. The van der Waals surface area contributed by atoms with Gasteiger partial charge < -0.3 is 10.4 Å². The molecule has 0 saturated carbocycles. The summed E-state index contributed by atoms with van der Waals surface area (Å²) in [6, 6.07) is 3.89. The minimum atomic E-state index is -1.17. The Morgan fingerprint density at radius 1 is 1.45 bits per heavy atom. The number of anilines is 1. The van der Waals surface area contributed by atoms with E-state index in [0.29, 0.717) is 5.69 Å². The average molecular weight is 359 g/mol. The molecule has 1 aromatic heterocycles. The Bertz CT molecular complexity index is 702. The van der Waals surface area contributed by atoms with Gasteiger partial charge in [-0.3, -0.25) is 4.79 Å². The Labute approximate surface area is 125 Å². The highest BCUT2D eigenvalue weighted by atomic mass is 79.9. The SMILES string of the molecule is Cc1nsc(NC(=O)c2ccc(Br)c(F)c2)c1C(=O)O. The van der Waals surface area contributed by atoms with Gasteiger partial charge in [-0.25, -0.2) is 9.18 Å². The van der Waals surface area contributed by atoms with Gasteiger partial charge in [0, 0.05) is 5.56 Å². The van der Waals surface area contributed by atoms with Crippen molar-refractivity contribution in [2.24, 2.45) is 0 Å². The van der Waals surface area contributed by atoms with E-state index in [4.69, 9.17) is 5.11 Å². The summed E-state index contributed by atoms with van der Waals surface area (Å²) in [5, 5.41) is 11.6. The maximum atomic E-state index is 13.4. The van der Waals surface area contributed by atoms with E-state index in [-0.39, 0.29) is 20.6 Å². The summed E-state index contributed by atoms with van der Waals surface area (Å²) in [5.41, 5.74) is 0.355. The Hall–Kier alpha value is -1.80. The molecule has 0 aliphatic carbocycles. The van der Waals surface area contributed by atoms with Crippen LogP contribution >= 0.6 is 27.5 Å². The number of benzene rings is 1. The van der Waals surface area contributed by atoms with Crippen molar-refractivity contribution in [3.63, 3.8) is 0 Å². The highest BCUT2D eigenvalue weighted by Gasteiger charge is 2.20. The minimum absolute atomic E-state index is 0.0547. The van der Waals surface area contributed by atoms with Crippen molar-refractivity contribution in [1.29, 1.82) is 0 Å². The number of amides is 1. The summed E-state index contributed by atoms with van der Waals surface area (Å²) in [6.07, 6.45) is 0. The van der Waals surface area contributed by atoms with Crippen LogP contribution in [0.15, 0.2) is 22.7 Å². The van der Waals surface area contributed by atoms with Gasteiger partial charge in [0.15, 0.2) is 0 Å². The summed E-state index contributed by atoms with van der Waals surface area (Å²) in [6.45, 7) is 1.54. The van der Waals surface area contributed by atoms with Crippen LogP contribution < -0.4 is 5.32 Å². The molecular formula is C12H8BrFN2O3S. The molecule has 0 fully saturated rings. The van der Waals surface area contributed by atoms with Gasteiger partial charge in [-0.2, -0.15) is 4.37 Å². The van der Waals surface area contributed by atoms with Crippen LogP contribution in [0.2, 0.25) is 0 Å². The highest BCUT2D eigenvalue weighted by Crippen LogP contribution is 2.25. The molecule has 0 aliphatic heterocycles. The zero-order valence-electron chi connectivity index (χ0n) is 10.1. The predicted octanol–water partition coefficient (Wildman–Crippen LogP) is 3.30. The van der Waals surface area contributed by atoms with E-state index in [0.717, 1.165) is 17.6 Å². The van der Waals surface area contributed by atoms with Gasteiger partial charge in [0.05, 0.1) is 10.2 Å². The normalized spacial score (nSPS) is 10.3. The van der Waals surface area contributed by atoms with Crippen molar-refractivity contribution in [3.05, 3.63) is 45.3 Å². The summed E-state index contributed by atoms with van der Waals surface area (Å²) >= 11 is 3.86. The molecule has 0 spiro atoms. The molecule has 0 bridgehead atoms. The number of aromatic nitrogens is 1. The van der Waals surface area contributed by atoms with Crippen LogP contribution in [-0.2, 0) is 0 Å². The fraction of sp³-hybridized carbons (Fsp3) is 0.0833. The van der Waals surface area contributed by atoms with Crippen LogP contribution in [-0.4, -0.2) is 21.4 Å². The van der Waals surface area contributed by atoms with Gasteiger partial charge in [-0.1, -0.05) is 0 Å². The molecule has 0 radical (unpaired) electrons. The first-order chi connectivity index (χ1) is 9.40. The molecule has 2 rings (SSSR count). The Balaban J connectivity index is 2.28. The van der Waals surface area contributed by atoms with Crippen LogP contribution in [0.1, 0.15) is 26.4 Å². The van der Waals surface area contributed by atoms with Crippen LogP contribution in [0.5, 0.6) is 0 Å². The lowest BCUT2D eigenvalue weighted by Crippen LogP contribution is -2.13. The quantitative estimate of drug-likeness (QED) is 0.881. The fourth-order valence-electron chi connectivity index (χ4n) is 1.52. The van der Waals surface area contributed by atoms with E-state index in [9.17, 15) is 14.0 Å². The van der Waals surface area contributed by atoms with Crippen molar-refractivity contribution in [2.45, 2.75) is 6.92 Å². The molecule has 1 heterocycles. The third-order valence-corrected chi connectivity index (χ3v) is 3.98. The minimum Gasteiger partial charge on any atom is -0.478 e. The standard InChI is InChI=1S/C12H8BrFN2O3S/c1-5-9(12(18)19)11(20-16-5)15-10(17)6-2-3-7(13)8(14)4-6/h2-4H,1H3,(H,15,17)(H,18,19). The number of nitrogens with one attached hydrogen (secondary N) is 1. The predicted molar refractivity (Wildman–Crippen MR) is 75.9 cm³/mol. The number of aryl methyl sites for hydroxylation is 1. The Morgan fingerprint density at radius 2 is 2.15 bits per heavy atom. The maximum absolute atomic E-state index is 13.4. The first-order valence-corrected chi connectivity index (χ1v) is 6.92. The van der Waals surface area contributed by atoms with Crippen molar-refractivity contribution in [2.75, 3.05) is 5.32 Å². The summed E-state index contributed by atoms with van der Waals surface area (Å²) < 4.78 is 17.5. The van der Waals surface area contributed by atoms with Gasteiger partial charge in [-0.15, -0.1) is 0 Å². The van der Waals surface area contributed by atoms with E-state index < -0.39 is 17.7 Å². The van der Waals surface area contributed by atoms with Gasteiger partial charge in [0.25, 0.3) is 5.91 Å². The van der Waals surface area contributed by atoms with E-state index >= 15 is 0 Å². The number of rotatable bonds is 3. The van der Waals surface area contributed by atoms with Crippen LogP contribution in [0.3, 0.4) is 0 Å². The number of carboxylic acids is 1. The van der Waals surface area contributed by atoms with Gasteiger partial charge in [0.2, 0.25) is 0 Å². The molecule has 2 aromatic rings. The van der Waals surface area contributed by atoms with Crippen molar-refractivity contribution in [3.8, 4) is 0 Å². The number of aromatic carboxylic acids is 1. The van der Waals surface area contributed by atoms with Crippen molar-refractivity contribution >= 4 is 44.3 Å². The lowest BCUT2D eigenvalue weighted by Gasteiger charge is -2.04. The molecule has 1 aromatic carbocycles. The second kappa shape index (κ2) is 5.68. The molecule has 1 amide bonds. The fourth-order valence-corrected chi connectivity index (χ4v) is 2.55. The molecule has 5 nitrogen and oxygen atoms in total. The molecule has 0 unspecified atom stereocenters. The zero-order chi connectivity index (χ0) is 14.9. The number of nitrogens with zero attached hydrogens (tertiary/aromatic N) is 1. The third-order valence-electron chi connectivity index (χ3n) is 2.49. The number of hydrogen-bond acceptors (Lipinski definition) is 4. The second-order valence-electron chi connectivity index (χ2n) is 3.86. The van der Waals surface area contributed by atoms with Crippen molar-refractivity contribution in [1.82, 2.24) is 4.37 Å². The molecule has 2 N–H and O–H groups in total. The van der Waals surface area contributed by atoms with Crippen LogP contribution in [0.4, 0.5) is 9.39 Å². The largest absolute Gasteiger partial charge is 0.478 e. The third kappa shape index (κ3) is 2.86. The molecule has 0 aliphatic rings. The van der Waals surface area contributed by atoms with E-state index in [2.05, 4.69) is 25.6 Å². The van der Waals surface area contributed by atoms with Crippen LogP contribution in [0, 0.1) is 12.7 Å². The maximum Gasteiger partial charge on any atom is 0.340 e. The molecular weight excluding hydrogens is 351 g/mol. The van der Waals surface area contributed by atoms with Gasteiger partial charge in [-0.05, 0) is 52.6 Å². The number of carboxylic acid groups (broad SMARTS) is 1. The lowest BCUT2D eigenvalue weighted by atomic mass is 10.2. The first-order valence-electron chi connectivity index (χ1n) is 5.36. The molecule has 8 heteroatoms. The highest BCUT2D eigenvalue weighted by molar-refractivity contribution is 9.10. The number of carbonyl (C=O) groups excluding carboxylic acids is 1. The lowest BCUT2D eigenvalue weighted by molar-refractivity contribution is 0.0697. The van der Waals surface area contributed by atoms with Crippen molar-refractivity contribution < 1.29 is 19.1 Å². The number of halogens is 2. The van der Waals surface area contributed by atoms with E-state index in [1.165, 1.54) is 19.1 Å². The number of hydrogen-bond donors (Lipinski definition) is 2. The average Bonchev–Trinajstić information content (AvgIpc) is 2.73. The number of carbonyl (C=O) groups is 2. The molecule has 104 valence electrons. The molecule has 0 atom stereocenters. The molecule has 0 saturated heterocycles. The smallest absolute Gasteiger partial charge is 0.340 e. The monoisotopic (exact) mass is 358 g/mol. The van der Waals surface area contributed by atoms with Crippen LogP contribution in [0.25, 0.3) is 0 Å². The summed E-state index contributed by atoms with van der Waals surface area (Å²) in [5.74, 6) is -2.34.